The summed E-state index contributed by atoms with van der Waals surface area (Å²) in [4.78, 5) is 35.6. The van der Waals surface area contributed by atoms with Gasteiger partial charge in [-0.05, 0) is 44.0 Å². The summed E-state index contributed by atoms with van der Waals surface area (Å²) in [5.41, 5.74) is 2.52. The summed E-state index contributed by atoms with van der Waals surface area (Å²) in [5.74, 6) is -1.60. The minimum Gasteiger partial charge on any atom is -0.459 e. The fraction of sp³-hybridized carbons (Fsp3) is 0.278. The molecule has 0 aliphatic rings. The summed E-state index contributed by atoms with van der Waals surface area (Å²) in [6.07, 6.45) is 0.361. The van der Waals surface area contributed by atoms with Crippen molar-refractivity contribution >= 4 is 23.5 Å². The summed E-state index contributed by atoms with van der Waals surface area (Å²) in [5, 5.41) is 5.11. The van der Waals surface area contributed by atoms with Gasteiger partial charge in [-0.1, -0.05) is 18.2 Å². The lowest BCUT2D eigenvalue weighted by Gasteiger charge is -2.16. The van der Waals surface area contributed by atoms with Gasteiger partial charge in [-0.25, -0.2) is 0 Å². The molecule has 2 amide bonds. The smallest absolute Gasteiger partial charge is 0.326 e. The first-order chi connectivity index (χ1) is 11.9. The number of furan rings is 1. The number of aryl methyl sites for hydroxylation is 2. The highest BCUT2D eigenvalue weighted by Gasteiger charge is 2.20. The fourth-order valence-corrected chi connectivity index (χ4v) is 2.18. The van der Waals surface area contributed by atoms with Gasteiger partial charge >= 0.3 is 5.97 Å². The molecule has 0 fully saturated rings. The Hall–Kier alpha value is -3.09. The molecule has 1 aromatic heterocycles. The molecule has 25 heavy (non-hydrogen) atoms. The van der Waals surface area contributed by atoms with E-state index in [4.69, 9.17) is 9.15 Å². The molecule has 0 radical (unpaired) electrons. The highest BCUT2D eigenvalue weighted by Crippen LogP contribution is 2.19. The number of carbonyl (C=O) groups is 3. The molecule has 1 atom stereocenters. The number of hydrogen-bond acceptors (Lipinski definition) is 5. The van der Waals surface area contributed by atoms with Gasteiger partial charge in [0, 0.05) is 5.69 Å². The number of anilines is 1. The van der Waals surface area contributed by atoms with Crippen molar-refractivity contribution in [3.63, 3.8) is 0 Å². The number of benzene rings is 1. The number of carbonyl (C=O) groups excluding carboxylic acids is 3. The van der Waals surface area contributed by atoms with Crippen LogP contribution in [0.15, 0.2) is 41.0 Å². The molecule has 7 nitrogen and oxygen atoms in total. The largest absolute Gasteiger partial charge is 0.459 e. The Morgan fingerprint density at radius 1 is 1.12 bits per heavy atom. The quantitative estimate of drug-likeness (QED) is 0.783. The summed E-state index contributed by atoms with van der Waals surface area (Å²) in [7, 11) is 0. The van der Waals surface area contributed by atoms with E-state index in [1.54, 1.807) is 6.07 Å². The van der Waals surface area contributed by atoms with Crippen molar-refractivity contribution in [3.8, 4) is 0 Å². The minimum atomic E-state index is -0.993. The van der Waals surface area contributed by atoms with E-state index in [1.807, 2.05) is 32.0 Å². The number of amides is 2. The van der Waals surface area contributed by atoms with E-state index in [0.717, 1.165) is 11.1 Å². The molecule has 0 saturated heterocycles. The second kappa shape index (κ2) is 8.14. The van der Waals surface area contributed by atoms with Crippen LogP contribution in [0.1, 0.15) is 28.6 Å². The van der Waals surface area contributed by atoms with Gasteiger partial charge in [-0.2, -0.15) is 0 Å². The van der Waals surface area contributed by atoms with Gasteiger partial charge in [-0.15, -0.1) is 0 Å². The van der Waals surface area contributed by atoms with E-state index >= 15 is 0 Å². The molecule has 0 spiro atoms. The van der Waals surface area contributed by atoms with Crippen LogP contribution in [0.3, 0.4) is 0 Å². The maximum absolute atomic E-state index is 12.2. The van der Waals surface area contributed by atoms with Crippen LogP contribution in [0, 0.1) is 13.8 Å². The molecular formula is C18H20N2O5. The van der Waals surface area contributed by atoms with Gasteiger partial charge in [0.15, 0.2) is 11.9 Å². The van der Waals surface area contributed by atoms with Crippen LogP contribution >= 0.6 is 0 Å². The van der Waals surface area contributed by atoms with Crippen molar-refractivity contribution in [1.82, 2.24) is 5.32 Å². The molecule has 2 aromatic rings. The molecule has 1 heterocycles. The van der Waals surface area contributed by atoms with Crippen molar-refractivity contribution in [3.05, 3.63) is 53.5 Å². The van der Waals surface area contributed by atoms with E-state index in [1.165, 1.54) is 19.3 Å². The third-order valence-electron chi connectivity index (χ3n) is 3.55. The molecule has 0 aliphatic heterocycles. The first kappa shape index (κ1) is 18.3. The third kappa shape index (κ3) is 4.94. The average Bonchev–Trinajstić information content (AvgIpc) is 3.10. The van der Waals surface area contributed by atoms with E-state index < -0.39 is 23.9 Å². The number of ether oxygens (including phenoxy) is 1. The molecule has 7 heteroatoms. The topological polar surface area (TPSA) is 97.6 Å². The fourth-order valence-electron chi connectivity index (χ4n) is 2.18. The van der Waals surface area contributed by atoms with E-state index in [9.17, 15) is 14.4 Å². The predicted octanol–water partition coefficient (Wildman–Crippen LogP) is 2.20. The van der Waals surface area contributed by atoms with E-state index in [2.05, 4.69) is 10.6 Å². The Balaban J connectivity index is 1.84. The molecule has 0 aliphatic carbocycles. The summed E-state index contributed by atoms with van der Waals surface area (Å²) >= 11 is 0. The van der Waals surface area contributed by atoms with Crippen LogP contribution in [0.2, 0.25) is 0 Å². The first-order valence-corrected chi connectivity index (χ1v) is 7.76. The Labute approximate surface area is 145 Å². The SMILES string of the molecule is Cc1cccc(C)c1NC(=O)C(C)OC(=O)CNC(=O)c1ccco1. The van der Waals surface area contributed by atoms with Crippen LogP contribution in [0.4, 0.5) is 5.69 Å². The number of esters is 1. The standard InChI is InChI=1S/C18H20N2O5/c1-11-6-4-7-12(2)16(11)20-17(22)13(3)25-15(21)10-19-18(23)14-8-5-9-24-14/h4-9,13H,10H2,1-3H3,(H,19,23)(H,20,22). The van der Waals surface area contributed by atoms with Crippen LogP contribution in [0.25, 0.3) is 0 Å². The van der Waals surface area contributed by atoms with Gasteiger partial charge in [0.05, 0.1) is 6.26 Å². The predicted molar refractivity (Wildman–Crippen MR) is 91.1 cm³/mol. The van der Waals surface area contributed by atoms with Crippen molar-refractivity contribution in [2.45, 2.75) is 26.9 Å². The maximum atomic E-state index is 12.2. The lowest BCUT2D eigenvalue weighted by atomic mass is 10.1. The van der Waals surface area contributed by atoms with Crippen molar-refractivity contribution in [1.29, 1.82) is 0 Å². The zero-order valence-corrected chi connectivity index (χ0v) is 14.3. The van der Waals surface area contributed by atoms with Crippen molar-refractivity contribution in [2.24, 2.45) is 0 Å². The summed E-state index contributed by atoms with van der Waals surface area (Å²) in [6.45, 7) is 4.86. The van der Waals surface area contributed by atoms with Crippen LogP contribution in [-0.4, -0.2) is 30.4 Å². The molecule has 2 N–H and O–H groups in total. The lowest BCUT2D eigenvalue weighted by Crippen LogP contribution is -2.35. The van der Waals surface area contributed by atoms with Gasteiger partial charge in [0.1, 0.15) is 6.54 Å². The van der Waals surface area contributed by atoms with Crippen LogP contribution < -0.4 is 10.6 Å². The number of rotatable bonds is 6. The summed E-state index contributed by atoms with van der Waals surface area (Å²) in [6, 6.07) is 8.69. The Morgan fingerprint density at radius 2 is 1.80 bits per heavy atom. The van der Waals surface area contributed by atoms with Crippen molar-refractivity contribution < 1.29 is 23.5 Å². The lowest BCUT2D eigenvalue weighted by molar-refractivity contribution is -0.152. The molecule has 1 aromatic carbocycles. The Bertz CT molecular complexity index is 748. The van der Waals surface area contributed by atoms with Crippen LogP contribution in [-0.2, 0) is 14.3 Å². The molecule has 2 rings (SSSR count). The van der Waals surface area contributed by atoms with Crippen LogP contribution in [0.5, 0.6) is 0 Å². The second-order valence-corrected chi connectivity index (χ2v) is 5.55. The highest BCUT2D eigenvalue weighted by molar-refractivity contribution is 5.97. The molecule has 0 bridgehead atoms. The molecule has 0 saturated carbocycles. The van der Waals surface area contributed by atoms with Gasteiger partial charge in [0.25, 0.3) is 11.8 Å². The molecular weight excluding hydrogens is 324 g/mol. The average molecular weight is 344 g/mol. The monoisotopic (exact) mass is 344 g/mol. The number of para-hydroxylation sites is 1. The van der Waals surface area contributed by atoms with Gasteiger partial charge in [-0.3, -0.25) is 14.4 Å². The second-order valence-electron chi connectivity index (χ2n) is 5.55. The van der Waals surface area contributed by atoms with E-state index in [0.29, 0.717) is 5.69 Å². The number of hydrogen-bond donors (Lipinski definition) is 2. The molecule has 132 valence electrons. The Morgan fingerprint density at radius 3 is 2.40 bits per heavy atom. The first-order valence-electron chi connectivity index (χ1n) is 7.76. The maximum Gasteiger partial charge on any atom is 0.326 e. The van der Waals surface area contributed by atoms with E-state index in [-0.39, 0.29) is 12.3 Å². The molecule has 1 unspecified atom stereocenters. The zero-order chi connectivity index (χ0) is 18.4. The number of nitrogens with one attached hydrogen (secondary N) is 2. The highest BCUT2D eigenvalue weighted by atomic mass is 16.5. The Kier molecular flexibility index (Phi) is 5.94. The van der Waals surface area contributed by atoms with Crippen molar-refractivity contribution in [2.75, 3.05) is 11.9 Å². The summed E-state index contributed by atoms with van der Waals surface area (Å²) < 4.78 is 9.94. The van der Waals surface area contributed by atoms with Gasteiger partial charge < -0.3 is 19.8 Å². The third-order valence-corrected chi connectivity index (χ3v) is 3.55. The van der Waals surface area contributed by atoms with Gasteiger partial charge in [0.2, 0.25) is 0 Å². The zero-order valence-electron chi connectivity index (χ0n) is 14.3. The normalized spacial score (nSPS) is 11.5. The minimum absolute atomic E-state index is 0.0913.